The van der Waals surface area contributed by atoms with Crippen LogP contribution >= 0.6 is 0 Å². The van der Waals surface area contributed by atoms with Crippen molar-refractivity contribution in [2.45, 2.75) is 52.5 Å². The number of hydrogen-bond donors (Lipinski definition) is 0. The molecule has 0 aliphatic heterocycles. The predicted octanol–water partition coefficient (Wildman–Crippen LogP) is 5.32. The van der Waals surface area contributed by atoms with E-state index in [4.69, 9.17) is 15.0 Å². The van der Waals surface area contributed by atoms with Crippen molar-refractivity contribution in [1.29, 1.82) is 0 Å². The van der Waals surface area contributed by atoms with Crippen LogP contribution in [0.2, 0.25) is 0 Å². The van der Waals surface area contributed by atoms with Gasteiger partial charge in [-0.25, -0.2) is 15.0 Å². The van der Waals surface area contributed by atoms with Crippen LogP contribution in [0.4, 0.5) is 0 Å². The van der Waals surface area contributed by atoms with E-state index in [0.29, 0.717) is 22.2 Å². The Kier molecular flexibility index (Phi) is 4.18. The molecule has 0 atom stereocenters. The highest BCUT2D eigenvalue weighted by Gasteiger charge is 2.26. The Hall–Kier alpha value is -3.54. The van der Waals surface area contributed by atoms with Gasteiger partial charge in [-0.3, -0.25) is 13.9 Å². The predicted molar refractivity (Wildman–Crippen MR) is 128 cm³/mol. The molecule has 6 nitrogen and oxygen atoms in total. The first-order valence-corrected chi connectivity index (χ1v) is 11.3. The Bertz CT molecular complexity index is 1590. The molecule has 0 spiro atoms. The number of benzene rings is 2. The average Bonchev–Trinajstić information content (AvgIpc) is 3.40. The molecule has 1 saturated carbocycles. The van der Waals surface area contributed by atoms with Crippen LogP contribution in [0.25, 0.3) is 38.9 Å². The van der Waals surface area contributed by atoms with Gasteiger partial charge in [0, 0.05) is 11.7 Å². The van der Waals surface area contributed by atoms with Crippen molar-refractivity contribution in [3.8, 4) is 5.69 Å². The van der Waals surface area contributed by atoms with E-state index in [0.717, 1.165) is 48.2 Å². The van der Waals surface area contributed by atoms with Crippen molar-refractivity contribution in [3.05, 3.63) is 69.8 Å². The Morgan fingerprint density at radius 3 is 2.28 bits per heavy atom. The van der Waals surface area contributed by atoms with E-state index in [9.17, 15) is 4.79 Å². The molecule has 0 saturated heterocycles. The van der Waals surface area contributed by atoms with E-state index in [1.807, 2.05) is 40.3 Å². The molecule has 1 aliphatic carbocycles. The van der Waals surface area contributed by atoms with Crippen molar-refractivity contribution in [3.63, 3.8) is 0 Å². The summed E-state index contributed by atoms with van der Waals surface area (Å²) in [6.45, 7) is 6.14. The number of aryl methyl sites for hydroxylation is 3. The lowest BCUT2D eigenvalue weighted by Crippen LogP contribution is -2.27. The van der Waals surface area contributed by atoms with Crippen LogP contribution in [0, 0.1) is 20.8 Å². The van der Waals surface area contributed by atoms with Crippen LogP contribution in [0.5, 0.6) is 0 Å². The fourth-order valence-electron chi connectivity index (χ4n) is 5.11. The highest BCUT2D eigenvalue weighted by atomic mass is 16.1. The number of hydrogen-bond acceptors (Lipinski definition) is 4. The zero-order valence-corrected chi connectivity index (χ0v) is 18.6. The SMILES string of the molecule is Cc1ccc(-n2c3nc4ccccc4nc3c3c(=O)n(C4CCCC4)c(C)nc32)cc1C. The lowest BCUT2D eigenvalue weighted by Gasteiger charge is -2.16. The Labute approximate surface area is 185 Å². The van der Waals surface area contributed by atoms with Crippen LogP contribution < -0.4 is 5.56 Å². The summed E-state index contributed by atoms with van der Waals surface area (Å²) in [5.41, 5.74) is 6.87. The van der Waals surface area contributed by atoms with E-state index in [1.165, 1.54) is 11.1 Å². The second-order valence-corrected chi connectivity index (χ2v) is 8.96. The van der Waals surface area contributed by atoms with Crippen molar-refractivity contribution in [2.24, 2.45) is 0 Å². The monoisotopic (exact) mass is 423 g/mol. The average molecular weight is 424 g/mol. The third kappa shape index (κ3) is 2.72. The standard InChI is InChI=1S/C26H25N5O/c1-15-12-13-19(14-16(15)2)31-24-22(23-25(31)29-21-11-7-6-10-20(21)28-23)26(32)30(17(3)27-24)18-8-4-5-9-18/h6-7,10-14,18H,4-5,8-9H2,1-3H3. The first kappa shape index (κ1) is 19.2. The molecular weight excluding hydrogens is 398 g/mol. The summed E-state index contributed by atoms with van der Waals surface area (Å²) in [6, 6.07) is 14.3. The maximum Gasteiger partial charge on any atom is 0.265 e. The van der Waals surface area contributed by atoms with Gasteiger partial charge in [0.15, 0.2) is 11.3 Å². The molecule has 6 rings (SSSR count). The zero-order valence-electron chi connectivity index (χ0n) is 18.6. The molecule has 1 fully saturated rings. The molecule has 160 valence electrons. The summed E-state index contributed by atoms with van der Waals surface area (Å²) in [5.74, 6) is 0.756. The molecule has 0 bridgehead atoms. The summed E-state index contributed by atoms with van der Waals surface area (Å²) in [4.78, 5) is 28.7. The van der Waals surface area contributed by atoms with Gasteiger partial charge < -0.3 is 0 Å². The summed E-state index contributed by atoms with van der Waals surface area (Å²) in [7, 11) is 0. The highest BCUT2D eigenvalue weighted by molar-refractivity contribution is 6.05. The fraction of sp³-hybridized carbons (Fsp3) is 0.308. The van der Waals surface area contributed by atoms with E-state index < -0.39 is 0 Å². The maximum absolute atomic E-state index is 13.9. The lowest BCUT2D eigenvalue weighted by atomic mass is 10.1. The smallest absolute Gasteiger partial charge is 0.265 e. The number of fused-ring (bicyclic) bond motifs is 4. The minimum Gasteiger partial charge on any atom is -0.293 e. The first-order chi connectivity index (χ1) is 15.5. The third-order valence-electron chi connectivity index (χ3n) is 6.92. The number of aromatic nitrogens is 5. The number of para-hydroxylation sites is 2. The van der Waals surface area contributed by atoms with E-state index in [2.05, 4.69) is 32.0 Å². The largest absolute Gasteiger partial charge is 0.293 e. The zero-order chi connectivity index (χ0) is 22.0. The van der Waals surface area contributed by atoms with Crippen LogP contribution in [0.15, 0.2) is 47.3 Å². The molecule has 0 N–H and O–H groups in total. The topological polar surface area (TPSA) is 65.6 Å². The molecule has 5 aromatic rings. The minimum absolute atomic E-state index is 0.00318. The summed E-state index contributed by atoms with van der Waals surface area (Å²) in [6.07, 6.45) is 4.36. The van der Waals surface area contributed by atoms with Gasteiger partial charge in [-0.15, -0.1) is 0 Å². The molecule has 1 aliphatic rings. The summed E-state index contributed by atoms with van der Waals surface area (Å²) >= 11 is 0. The number of rotatable bonds is 2. The summed E-state index contributed by atoms with van der Waals surface area (Å²) < 4.78 is 3.90. The van der Waals surface area contributed by atoms with Gasteiger partial charge in [0.25, 0.3) is 5.56 Å². The van der Waals surface area contributed by atoms with Crippen LogP contribution in [-0.2, 0) is 0 Å². The van der Waals surface area contributed by atoms with Crippen LogP contribution in [0.3, 0.4) is 0 Å². The van der Waals surface area contributed by atoms with Gasteiger partial charge >= 0.3 is 0 Å². The van der Waals surface area contributed by atoms with E-state index >= 15 is 0 Å². The third-order valence-corrected chi connectivity index (χ3v) is 6.92. The van der Waals surface area contributed by atoms with Gasteiger partial charge in [0.2, 0.25) is 0 Å². The normalized spacial score (nSPS) is 14.8. The van der Waals surface area contributed by atoms with Gasteiger partial charge in [0.1, 0.15) is 16.7 Å². The molecule has 3 aromatic heterocycles. The van der Waals surface area contributed by atoms with E-state index in [1.54, 1.807) is 0 Å². The van der Waals surface area contributed by atoms with Gasteiger partial charge in [0.05, 0.1) is 11.0 Å². The van der Waals surface area contributed by atoms with Gasteiger partial charge in [-0.1, -0.05) is 31.0 Å². The highest BCUT2D eigenvalue weighted by Crippen LogP contribution is 2.32. The second kappa shape index (κ2) is 6.99. The molecule has 6 heteroatoms. The molecular formula is C26H25N5O. The molecule has 0 amide bonds. The number of nitrogens with zero attached hydrogens (tertiary/aromatic N) is 5. The minimum atomic E-state index is -0.00318. The summed E-state index contributed by atoms with van der Waals surface area (Å²) in [5, 5.41) is 0.564. The van der Waals surface area contributed by atoms with Crippen LogP contribution in [-0.4, -0.2) is 24.1 Å². The lowest BCUT2D eigenvalue weighted by molar-refractivity contribution is 0.485. The Morgan fingerprint density at radius 1 is 0.844 bits per heavy atom. The second-order valence-electron chi connectivity index (χ2n) is 8.96. The fourth-order valence-corrected chi connectivity index (χ4v) is 5.11. The van der Waals surface area contributed by atoms with Gasteiger partial charge in [-0.2, -0.15) is 0 Å². The van der Waals surface area contributed by atoms with Crippen molar-refractivity contribution in [1.82, 2.24) is 24.1 Å². The van der Waals surface area contributed by atoms with Crippen molar-refractivity contribution >= 4 is 33.2 Å². The molecule has 32 heavy (non-hydrogen) atoms. The molecule has 3 heterocycles. The maximum atomic E-state index is 13.9. The van der Waals surface area contributed by atoms with E-state index in [-0.39, 0.29) is 11.6 Å². The quantitative estimate of drug-likeness (QED) is 0.385. The van der Waals surface area contributed by atoms with Gasteiger partial charge in [-0.05, 0) is 69.0 Å². The Morgan fingerprint density at radius 2 is 1.56 bits per heavy atom. The molecule has 2 aromatic carbocycles. The van der Waals surface area contributed by atoms with Crippen molar-refractivity contribution in [2.75, 3.05) is 0 Å². The molecule has 0 unspecified atom stereocenters. The van der Waals surface area contributed by atoms with Crippen LogP contribution in [0.1, 0.15) is 48.7 Å². The van der Waals surface area contributed by atoms with Crippen molar-refractivity contribution < 1.29 is 0 Å². The first-order valence-electron chi connectivity index (χ1n) is 11.3. The Balaban J connectivity index is 1.79. The molecule has 0 radical (unpaired) electrons.